The number of rotatable bonds is 24. The third kappa shape index (κ3) is 22.2. The number of aromatic nitrogens is 10. The van der Waals surface area contributed by atoms with Crippen LogP contribution in [0.1, 0.15) is 52.6 Å². The second kappa shape index (κ2) is 38.8. The summed E-state index contributed by atoms with van der Waals surface area (Å²) in [7, 11) is 2.15. The van der Waals surface area contributed by atoms with Crippen molar-refractivity contribution in [1.29, 1.82) is 0 Å². The van der Waals surface area contributed by atoms with Crippen molar-refractivity contribution in [3.63, 3.8) is 0 Å². The minimum atomic E-state index is -0.273. The fourth-order valence-corrected chi connectivity index (χ4v) is 13.0. The van der Waals surface area contributed by atoms with Crippen LogP contribution in [0.4, 0.5) is 39.0 Å². The number of hydrogen-bond donors (Lipinski definition) is 3. The van der Waals surface area contributed by atoms with Crippen molar-refractivity contribution in [2.75, 3.05) is 66.7 Å². The number of likely N-dealkylation sites (N-methyl/N-ethyl adjacent to an activating group) is 1. The highest BCUT2D eigenvalue weighted by atomic mass is 35.5. The van der Waals surface area contributed by atoms with Gasteiger partial charge in [0.25, 0.3) is 0 Å². The molecule has 24 heteroatoms. The highest BCUT2D eigenvalue weighted by molar-refractivity contribution is 6.33. The minimum Gasteiger partial charge on any atom is -0.369 e. The molecule has 0 bridgehead atoms. The van der Waals surface area contributed by atoms with Crippen LogP contribution in [0.2, 0.25) is 20.6 Å². The number of hydrogen-bond acceptors (Lipinski definition) is 18. The third-order valence-electron chi connectivity index (χ3n) is 18.0. The van der Waals surface area contributed by atoms with Crippen LogP contribution in [0.5, 0.6) is 0 Å². The summed E-state index contributed by atoms with van der Waals surface area (Å²) >= 11 is 24.7. The summed E-state index contributed by atoms with van der Waals surface area (Å²) in [6, 6.07) is 54.0. The number of fused-ring (bicyclic) bond motifs is 1. The van der Waals surface area contributed by atoms with Crippen LogP contribution in [-0.2, 0) is 51.3 Å². The zero-order valence-corrected chi connectivity index (χ0v) is 63.4. The summed E-state index contributed by atoms with van der Waals surface area (Å²) < 4.78 is 14.7. The molecule has 0 spiro atoms. The standard InChI is InChI=1S/C25H24ClFN4O.C25H26ClN5O.C21H17ClN2O.C15H11ClN4O/c1-2-20(32)14-17-7-6-8-18(13-17)24-21(26)16-28-25(30-24)29-19-9-10-23(22(27)15-19)31-11-4-3-5-12-31;1-3-22(32)16-18-5-4-6-19(15-18)24-23(26)17-27-25(29-24)28-20-7-9-21(10-8-20)31-13-11-30(2)12-14-31;1-2-19(25)13-16-9-6-10-17(12-16)20-18(14-23-21(22)24-20)11-15-7-4-3-5-8-15;1-2-11(21)7-9-4-3-5-10(6-9)13-12-8-17-20-14(12)19-15(16)18-13/h2,6-10,13,15-16H,1,3-5,11-12,14H2,(H,28,29,30);3-10,15,17H,1,11-14,16H2,2H3,(H,27,28,29);2-10,12,14H,1,11,13H2;2-6,8H,1,7H2,(H,17,18,19,20). The SMILES string of the molecule is C=CC(=O)Cc1cccc(-c2nc(Cl)nc3[nH]ncc23)c1.C=CC(=O)Cc1cccc(-c2nc(Cl)ncc2Cc2ccccc2)c1.C=CC(=O)Cc1cccc(-c2nc(Nc3ccc(N4CCCCC4)c(F)c3)ncc2Cl)c1.C=CC(=O)Cc1cccc(-c2nc(Nc3ccc(N4CCN(C)CC4)cc3)ncc2Cl)c1. The lowest BCUT2D eigenvalue weighted by Crippen LogP contribution is -2.44. The molecule has 3 N–H and O–H groups in total. The number of anilines is 6. The van der Waals surface area contributed by atoms with Crippen molar-refractivity contribution >= 4 is 115 Å². The zero-order valence-electron chi connectivity index (χ0n) is 60.4. The molecular weight excluding hydrogens is 1470 g/mol. The number of piperidine rings is 1. The average Bonchev–Trinajstić information content (AvgIpc) is 1.58. The Balaban J connectivity index is 0.000000147. The maximum atomic E-state index is 14.7. The molecule has 7 heterocycles. The molecule has 0 saturated carbocycles. The van der Waals surface area contributed by atoms with Gasteiger partial charge in [-0.15, -0.1) is 0 Å². The van der Waals surface area contributed by atoms with Crippen molar-refractivity contribution in [2.45, 2.75) is 51.4 Å². The minimum absolute atomic E-state index is 0.0117. The molecule has 0 unspecified atom stereocenters. The van der Waals surface area contributed by atoms with Crippen LogP contribution in [-0.4, -0.2) is 124 Å². The molecule has 2 fully saturated rings. The van der Waals surface area contributed by atoms with E-state index in [0.717, 1.165) is 119 Å². The van der Waals surface area contributed by atoms with Crippen molar-refractivity contribution < 1.29 is 23.6 Å². The molecule has 0 aliphatic carbocycles. The topological polar surface area (TPSA) is 234 Å². The zero-order chi connectivity index (χ0) is 77.5. The van der Waals surface area contributed by atoms with Crippen molar-refractivity contribution in [3.8, 4) is 45.0 Å². The number of ketones is 4. The van der Waals surface area contributed by atoms with E-state index in [2.05, 4.69) is 133 Å². The molecule has 19 nitrogen and oxygen atoms in total. The van der Waals surface area contributed by atoms with E-state index in [0.29, 0.717) is 81.7 Å². The number of allylic oxidation sites excluding steroid dienone is 4. The number of carbonyl (C=O) groups is 4. The van der Waals surface area contributed by atoms with Gasteiger partial charge < -0.3 is 25.3 Å². The molecule has 110 heavy (non-hydrogen) atoms. The Morgan fingerprint density at radius 1 is 0.455 bits per heavy atom. The first-order valence-electron chi connectivity index (χ1n) is 35.4. The Morgan fingerprint density at radius 3 is 1.42 bits per heavy atom. The van der Waals surface area contributed by atoms with Crippen LogP contribution >= 0.6 is 46.4 Å². The van der Waals surface area contributed by atoms with E-state index in [-0.39, 0.29) is 45.9 Å². The molecule has 2 saturated heterocycles. The van der Waals surface area contributed by atoms with E-state index in [1.807, 2.05) is 133 Å². The molecule has 5 aromatic heterocycles. The lowest BCUT2D eigenvalue weighted by Gasteiger charge is -2.34. The van der Waals surface area contributed by atoms with Crippen LogP contribution in [0.15, 0.2) is 245 Å². The Labute approximate surface area is 657 Å². The molecule has 2 aliphatic rings. The summed E-state index contributed by atoms with van der Waals surface area (Å²) in [5, 5.41) is 15.0. The maximum absolute atomic E-state index is 14.7. The summed E-state index contributed by atoms with van der Waals surface area (Å²) in [4.78, 5) is 87.9. The van der Waals surface area contributed by atoms with Gasteiger partial charge in [-0.3, -0.25) is 24.3 Å². The molecule has 12 aromatic rings. The maximum Gasteiger partial charge on any atom is 0.227 e. The van der Waals surface area contributed by atoms with Crippen LogP contribution in [0.25, 0.3) is 56.1 Å². The number of benzene rings is 7. The Bertz CT molecular complexity index is 5300. The molecular formula is C86H78Cl4FN15O4. The fourth-order valence-electron chi connectivity index (χ4n) is 12.3. The molecule has 556 valence electrons. The fraction of sp³-hybridized carbons (Fsp3) is 0.174. The summed E-state index contributed by atoms with van der Waals surface area (Å²) in [5.74, 6) is 0.368. The van der Waals surface area contributed by atoms with Crippen molar-refractivity contribution in [3.05, 3.63) is 305 Å². The van der Waals surface area contributed by atoms with Gasteiger partial charge in [-0.25, -0.2) is 39.3 Å². The van der Waals surface area contributed by atoms with E-state index < -0.39 is 0 Å². The predicted molar refractivity (Wildman–Crippen MR) is 440 cm³/mol. The smallest absolute Gasteiger partial charge is 0.227 e. The molecule has 14 rings (SSSR count). The number of carbonyl (C=O) groups excluding carboxylic acids is 4. The van der Waals surface area contributed by atoms with Crippen molar-refractivity contribution in [2.24, 2.45) is 0 Å². The second-order valence-electron chi connectivity index (χ2n) is 25.9. The highest BCUT2D eigenvalue weighted by Crippen LogP contribution is 2.34. The Hall–Kier alpha value is -11.8. The Kier molecular flexibility index (Phi) is 28.0. The van der Waals surface area contributed by atoms with Crippen LogP contribution < -0.4 is 20.4 Å². The first-order chi connectivity index (χ1) is 53.4. The first-order valence-corrected chi connectivity index (χ1v) is 37.0. The van der Waals surface area contributed by atoms with Gasteiger partial charge in [0.15, 0.2) is 28.8 Å². The highest BCUT2D eigenvalue weighted by Gasteiger charge is 2.20. The van der Waals surface area contributed by atoms with Gasteiger partial charge >= 0.3 is 0 Å². The molecule has 0 amide bonds. The van der Waals surface area contributed by atoms with Gasteiger partial charge in [-0.1, -0.05) is 153 Å². The third-order valence-corrected chi connectivity index (χ3v) is 18.9. The largest absolute Gasteiger partial charge is 0.369 e. The Morgan fingerprint density at radius 2 is 0.918 bits per heavy atom. The molecule has 2 aliphatic heterocycles. The number of halogens is 5. The lowest BCUT2D eigenvalue weighted by atomic mass is 9.98. The molecule has 0 atom stereocenters. The first kappa shape index (κ1) is 79.3. The average molecular weight is 1550 g/mol. The summed E-state index contributed by atoms with van der Waals surface area (Å²) in [6.45, 7) is 20.0. The quantitative estimate of drug-likeness (QED) is 0.0377. The summed E-state index contributed by atoms with van der Waals surface area (Å²) in [6.07, 6.45) is 17.1. The van der Waals surface area contributed by atoms with Crippen LogP contribution in [0.3, 0.4) is 0 Å². The van der Waals surface area contributed by atoms with E-state index in [9.17, 15) is 23.6 Å². The molecule has 7 aromatic carbocycles. The van der Waals surface area contributed by atoms with E-state index in [1.165, 1.54) is 54.2 Å². The number of piperazine rings is 1. The van der Waals surface area contributed by atoms with E-state index in [1.54, 1.807) is 24.7 Å². The van der Waals surface area contributed by atoms with Crippen molar-refractivity contribution in [1.82, 2.24) is 55.0 Å². The van der Waals surface area contributed by atoms with E-state index in [4.69, 9.17) is 46.4 Å². The van der Waals surface area contributed by atoms with Crippen LogP contribution in [0, 0.1) is 5.82 Å². The number of aromatic amines is 1. The number of nitrogens with one attached hydrogen (secondary N) is 3. The van der Waals surface area contributed by atoms with Gasteiger partial charge in [0, 0.05) is 122 Å². The van der Waals surface area contributed by atoms with Gasteiger partial charge in [-0.05, 0) is 168 Å². The molecule has 0 radical (unpaired) electrons. The van der Waals surface area contributed by atoms with E-state index >= 15 is 0 Å². The second-order valence-corrected chi connectivity index (χ2v) is 27.4. The number of H-pyrrole nitrogens is 1. The number of nitrogens with zero attached hydrogens (tertiary/aromatic N) is 12. The summed E-state index contributed by atoms with van der Waals surface area (Å²) in [5.41, 5.74) is 15.6. The van der Waals surface area contributed by atoms with Gasteiger partial charge in [0.1, 0.15) is 5.82 Å². The normalized spacial score (nSPS) is 12.5. The van der Waals surface area contributed by atoms with Gasteiger partial charge in [0.2, 0.25) is 22.5 Å². The van der Waals surface area contributed by atoms with Gasteiger partial charge in [0.05, 0.1) is 62.5 Å². The van der Waals surface area contributed by atoms with Gasteiger partial charge in [-0.2, -0.15) is 10.1 Å². The lowest BCUT2D eigenvalue weighted by molar-refractivity contribution is -0.114. The monoisotopic (exact) mass is 1540 g/mol. The predicted octanol–water partition coefficient (Wildman–Crippen LogP) is 18.2.